The number of thiophene rings is 1. The number of sulfonamides is 1. The van der Waals surface area contributed by atoms with E-state index in [4.69, 9.17) is 0 Å². The third-order valence-corrected chi connectivity index (χ3v) is 9.19. The Morgan fingerprint density at radius 1 is 1.09 bits per heavy atom. The van der Waals surface area contributed by atoms with Crippen LogP contribution >= 0.6 is 27.3 Å². The molecule has 1 aromatic rings. The molecular formula is C15H23BrN2O2S2. The summed E-state index contributed by atoms with van der Waals surface area (Å²) in [7, 11) is -3.35. The molecule has 0 bridgehead atoms. The van der Waals surface area contributed by atoms with Crippen molar-refractivity contribution >= 4 is 37.3 Å². The maximum Gasteiger partial charge on any atom is 0.253 e. The first-order chi connectivity index (χ1) is 10.6. The van der Waals surface area contributed by atoms with E-state index in [1.54, 1.807) is 4.31 Å². The van der Waals surface area contributed by atoms with Crippen LogP contribution < -0.4 is 0 Å². The lowest BCUT2D eigenvalue weighted by atomic mass is 10.1. The van der Waals surface area contributed by atoms with Crippen LogP contribution in [0.4, 0.5) is 0 Å². The molecular weight excluding hydrogens is 384 g/mol. The maximum atomic E-state index is 12.9. The molecule has 3 heterocycles. The second-order valence-corrected chi connectivity index (χ2v) is 10.1. The van der Waals surface area contributed by atoms with Gasteiger partial charge in [-0.2, -0.15) is 4.31 Å². The van der Waals surface area contributed by atoms with Crippen molar-refractivity contribution in [2.75, 3.05) is 26.2 Å². The summed E-state index contributed by atoms with van der Waals surface area (Å²) in [6.45, 7) is 3.55. The summed E-state index contributed by atoms with van der Waals surface area (Å²) >= 11 is 4.67. The van der Waals surface area contributed by atoms with Gasteiger partial charge in [0.15, 0.2) is 0 Å². The maximum absolute atomic E-state index is 12.9. The first-order valence-corrected chi connectivity index (χ1v) is 11.2. The van der Waals surface area contributed by atoms with Crippen LogP contribution in [0, 0.1) is 0 Å². The molecule has 0 saturated carbocycles. The number of likely N-dealkylation sites (tertiary alicyclic amines) is 1. The fourth-order valence-corrected chi connectivity index (χ4v) is 7.44. The molecule has 2 saturated heterocycles. The van der Waals surface area contributed by atoms with Crippen molar-refractivity contribution in [3.05, 3.63) is 15.9 Å². The second-order valence-electron chi connectivity index (χ2n) is 6.17. The Kier molecular flexibility index (Phi) is 5.60. The molecule has 0 N–H and O–H groups in total. The number of piperidine rings is 1. The van der Waals surface area contributed by atoms with E-state index in [2.05, 4.69) is 20.8 Å². The molecule has 1 aromatic heterocycles. The topological polar surface area (TPSA) is 40.6 Å². The lowest BCUT2D eigenvalue weighted by molar-refractivity contribution is 0.139. The zero-order valence-corrected chi connectivity index (χ0v) is 15.9. The van der Waals surface area contributed by atoms with Gasteiger partial charge in [0.2, 0.25) is 0 Å². The summed E-state index contributed by atoms with van der Waals surface area (Å²) < 4.78 is 28.5. The number of hydrogen-bond acceptors (Lipinski definition) is 4. The summed E-state index contributed by atoms with van der Waals surface area (Å²) in [5.74, 6) is 0. The van der Waals surface area contributed by atoms with Gasteiger partial charge in [-0.05, 0) is 66.1 Å². The van der Waals surface area contributed by atoms with Gasteiger partial charge in [-0.25, -0.2) is 8.42 Å². The molecule has 124 valence electrons. The molecule has 3 rings (SSSR count). The monoisotopic (exact) mass is 406 g/mol. The average Bonchev–Trinajstić information content (AvgIpc) is 2.79. The third-order valence-electron chi connectivity index (χ3n) is 4.67. The molecule has 0 spiro atoms. The largest absolute Gasteiger partial charge is 0.299 e. The van der Waals surface area contributed by atoms with E-state index in [9.17, 15) is 8.42 Å². The first kappa shape index (κ1) is 16.9. The molecule has 1 unspecified atom stereocenters. The number of halogens is 1. The van der Waals surface area contributed by atoms with Gasteiger partial charge in [0.1, 0.15) is 4.21 Å². The van der Waals surface area contributed by atoms with Crippen LogP contribution in [0.2, 0.25) is 0 Å². The first-order valence-electron chi connectivity index (χ1n) is 8.06. The van der Waals surface area contributed by atoms with Gasteiger partial charge in [-0.15, -0.1) is 11.3 Å². The molecule has 0 aliphatic carbocycles. The van der Waals surface area contributed by atoms with Gasteiger partial charge >= 0.3 is 0 Å². The van der Waals surface area contributed by atoms with Gasteiger partial charge in [-0.1, -0.05) is 12.8 Å². The zero-order chi connectivity index (χ0) is 15.6. The van der Waals surface area contributed by atoms with Crippen LogP contribution in [0.25, 0.3) is 0 Å². The van der Waals surface area contributed by atoms with Crippen LogP contribution in [0.1, 0.15) is 38.5 Å². The predicted octanol–water partition coefficient (Wildman–Crippen LogP) is 3.54. The Morgan fingerprint density at radius 3 is 2.45 bits per heavy atom. The smallest absolute Gasteiger partial charge is 0.253 e. The Morgan fingerprint density at radius 2 is 1.82 bits per heavy atom. The summed E-state index contributed by atoms with van der Waals surface area (Å²) in [4.78, 5) is 2.53. The van der Waals surface area contributed by atoms with Crippen molar-refractivity contribution in [1.82, 2.24) is 9.21 Å². The molecule has 1 atom stereocenters. The van der Waals surface area contributed by atoms with Gasteiger partial charge in [-0.3, -0.25) is 4.90 Å². The van der Waals surface area contributed by atoms with E-state index in [0.717, 1.165) is 25.9 Å². The van der Waals surface area contributed by atoms with Crippen molar-refractivity contribution in [1.29, 1.82) is 0 Å². The average molecular weight is 407 g/mol. The highest BCUT2D eigenvalue weighted by molar-refractivity contribution is 9.10. The second kappa shape index (κ2) is 7.30. The lowest BCUT2D eigenvalue weighted by Gasteiger charge is -2.38. The fraction of sp³-hybridized carbons (Fsp3) is 0.733. The zero-order valence-electron chi connectivity index (χ0n) is 12.7. The van der Waals surface area contributed by atoms with Crippen LogP contribution in [-0.2, 0) is 10.0 Å². The van der Waals surface area contributed by atoms with Crippen molar-refractivity contribution < 1.29 is 8.42 Å². The van der Waals surface area contributed by atoms with Gasteiger partial charge in [0.25, 0.3) is 10.0 Å². The Hall–Kier alpha value is 0.0500. The van der Waals surface area contributed by atoms with Crippen molar-refractivity contribution in [3.8, 4) is 0 Å². The van der Waals surface area contributed by atoms with Gasteiger partial charge < -0.3 is 0 Å². The van der Waals surface area contributed by atoms with Crippen LogP contribution in [0.3, 0.4) is 0 Å². The Balaban J connectivity index is 1.74. The molecule has 2 aliphatic heterocycles. The highest BCUT2D eigenvalue weighted by Gasteiger charge is 2.34. The number of nitrogens with zero attached hydrogens (tertiary/aromatic N) is 2. The van der Waals surface area contributed by atoms with E-state index in [-0.39, 0.29) is 0 Å². The fourth-order valence-electron chi connectivity index (χ4n) is 3.48. The van der Waals surface area contributed by atoms with E-state index in [0.29, 0.717) is 27.8 Å². The standard InChI is InChI=1S/C15H23BrN2O2S2/c16-14-7-11-21-15(14)22(19,20)18-10-5-6-13(12-18)17-8-3-1-2-4-9-17/h7,11,13H,1-6,8-10,12H2. The van der Waals surface area contributed by atoms with E-state index in [1.807, 2.05) is 11.4 Å². The van der Waals surface area contributed by atoms with Gasteiger partial charge in [0, 0.05) is 23.6 Å². The minimum absolute atomic E-state index is 0.389. The highest BCUT2D eigenvalue weighted by atomic mass is 79.9. The molecule has 2 aliphatic rings. The van der Waals surface area contributed by atoms with Crippen molar-refractivity contribution in [3.63, 3.8) is 0 Å². The minimum Gasteiger partial charge on any atom is -0.299 e. The predicted molar refractivity (Wildman–Crippen MR) is 93.8 cm³/mol. The third kappa shape index (κ3) is 3.59. The lowest BCUT2D eigenvalue weighted by Crippen LogP contribution is -2.49. The molecule has 7 heteroatoms. The Bertz CT molecular complexity index is 594. The normalized spacial score (nSPS) is 26.0. The van der Waals surface area contributed by atoms with Gasteiger partial charge in [0.05, 0.1) is 0 Å². The summed E-state index contributed by atoms with van der Waals surface area (Å²) in [5.41, 5.74) is 0. The van der Waals surface area contributed by atoms with E-state index in [1.165, 1.54) is 37.0 Å². The molecule has 4 nitrogen and oxygen atoms in total. The molecule has 0 radical (unpaired) electrons. The van der Waals surface area contributed by atoms with E-state index < -0.39 is 10.0 Å². The van der Waals surface area contributed by atoms with Crippen molar-refractivity contribution in [2.45, 2.75) is 48.8 Å². The highest BCUT2D eigenvalue weighted by Crippen LogP contribution is 2.32. The summed E-state index contributed by atoms with van der Waals surface area (Å²) in [6, 6.07) is 2.20. The minimum atomic E-state index is -3.35. The molecule has 0 aromatic carbocycles. The SMILES string of the molecule is O=S(=O)(c1sccc1Br)N1CCCC(N2CCCCCC2)C1. The summed E-state index contributed by atoms with van der Waals surface area (Å²) in [5, 5.41) is 1.83. The van der Waals surface area contributed by atoms with Crippen LogP contribution in [0.15, 0.2) is 20.1 Å². The molecule has 0 amide bonds. The molecule has 22 heavy (non-hydrogen) atoms. The quantitative estimate of drug-likeness (QED) is 0.770. The molecule has 2 fully saturated rings. The number of hydrogen-bond donors (Lipinski definition) is 0. The van der Waals surface area contributed by atoms with Crippen LogP contribution in [0.5, 0.6) is 0 Å². The van der Waals surface area contributed by atoms with E-state index >= 15 is 0 Å². The van der Waals surface area contributed by atoms with Crippen LogP contribution in [-0.4, -0.2) is 49.8 Å². The number of rotatable bonds is 3. The Labute approximate surface area is 145 Å². The van der Waals surface area contributed by atoms with Crippen molar-refractivity contribution in [2.24, 2.45) is 0 Å². The summed E-state index contributed by atoms with van der Waals surface area (Å²) in [6.07, 6.45) is 7.21.